The van der Waals surface area contributed by atoms with E-state index in [1.54, 1.807) is 12.3 Å². The maximum atomic E-state index is 5.73. The number of hydrogen-bond donors (Lipinski definition) is 2. The molecule has 3 N–H and O–H groups in total. The molecule has 5 nitrogen and oxygen atoms in total. The molecule has 0 aliphatic carbocycles. The summed E-state index contributed by atoms with van der Waals surface area (Å²) in [5.74, 6) is 1.84. The van der Waals surface area contributed by atoms with E-state index in [-0.39, 0.29) is 0 Å². The minimum Gasteiger partial charge on any atom is -0.384 e. The molecule has 1 atom stereocenters. The minimum atomic E-state index is 0.371. The summed E-state index contributed by atoms with van der Waals surface area (Å²) in [6, 6.07) is 11.2. The molecule has 0 amide bonds. The molecule has 0 radical (unpaired) electrons. The SMILES string of the molecule is CC(C)Cc1ccc(CN2CCCC(Nc3nccc(N)n3)C2)cc1. The zero-order chi connectivity index (χ0) is 17.6. The van der Waals surface area contributed by atoms with E-state index in [2.05, 4.69) is 58.3 Å². The van der Waals surface area contributed by atoms with Crippen molar-refractivity contribution in [3.63, 3.8) is 0 Å². The molecule has 1 unspecified atom stereocenters. The van der Waals surface area contributed by atoms with Crippen LogP contribution in [0.5, 0.6) is 0 Å². The van der Waals surface area contributed by atoms with Crippen molar-refractivity contribution in [1.29, 1.82) is 0 Å². The molecule has 5 heteroatoms. The van der Waals surface area contributed by atoms with Gasteiger partial charge in [-0.15, -0.1) is 0 Å². The topological polar surface area (TPSA) is 67.1 Å². The first kappa shape index (κ1) is 17.7. The van der Waals surface area contributed by atoms with Crippen molar-refractivity contribution in [1.82, 2.24) is 14.9 Å². The molecule has 1 fully saturated rings. The normalized spacial score (nSPS) is 18.4. The van der Waals surface area contributed by atoms with E-state index in [1.165, 1.54) is 17.5 Å². The monoisotopic (exact) mass is 339 g/mol. The first-order valence-electron chi connectivity index (χ1n) is 9.23. The molecule has 1 aromatic carbocycles. The van der Waals surface area contributed by atoms with Gasteiger partial charge in [-0.05, 0) is 48.9 Å². The van der Waals surface area contributed by atoms with E-state index < -0.39 is 0 Å². The average Bonchev–Trinajstić information content (AvgIpc) is 2.57. The van der Waals surface area contributed by atoms with Crippen LogP contribution in [0.2, 0.25) is 0 Å². The van der Waals surface area contributed by atoms with Crippen molar-refractivity contribution < 1.29 is 0 Å². The first-order valence-corrected chi connectivity index (χ1v) is 9.23. The Bertz CT molecular complexity index is 668. The number of piperidine rings is 1. The van der Waals surface area contributed by atoms with Crippen molar-refractivity contribution in [2.45, 2.75) is 45.7 Å². The highest BCUT2D eigenvalue weighted by molar-refractivity contribution is 5.35. The number of nitrogens with one attached hydrogen (secondary N) is 1. The summed E-state index contributed by atoms with van der Waals surface area (Å²) in [6.45, 7) is 7.67. The Morgan fingerprint density at radius 3 is 2.68 bits per heavy atom. The Hall–Kier alpha value is -2.14. The summed E-state index contributed by atoms with van der Waals surface area (Å²) < 4.78 is 0. The smallest absolute Gasteiger partial charge is 0.224 e. The molecular formula is C20H29N5. The van der Waals surface area contributed by atoms with Gasteiger partial charge < -0.3 is 11.1 Å². The van der Waals surface area contributed by atoms with Crippen LogP contribution in [-0.4, -0.2) is 34.0 Å². The minimum absolute atomic E-state index is 0.371. The molecule has 0 spiro atoms. The Kier molecular flexibility index (Phi) is 5.87. The highest BCUT2D eigenvalue weighted by atomic mass is 15.2. The molecule has 2 heterocycles. The number of nitrogen functional groups attached to an aromatic ring is 1. The lowest BCUT2D eigenvalue weighted by atomic mass is 10.0. The highest BCUT2D eigenvalue weighted by Gasteiger charge is 2.20. The number of aromatic nitrogens is 2. The van der Waals surface area contributed by atoms with Gasteiger partial charge in [0, 0.05) is 25.3 Å². The van der Waals surface area contributed by atoms with Gasteiger partial charge in [0.1, 0.15) is 5.82 Å². The van der Waals surface area contributed by atoms with Crippen LogP contribution in [0.3, 0.4) is 0 Å². The second-order valence-electron chi connectivity index (χ2n) is 7.44. The van der Waals surface area contributed by atoms with E-state index in [0.717, 1.165) is 32.5 Å². The summed E-state index contributed by atoms with van der Waals surface area (Å²) in [4.78, 5) is 11.0. The fourth-order valence-corrected chi connectivity index (χ4v) is 3.45. The summed E-state index contributed by atoms with van der Waals surface area (Å²) in [7, 11) is 0. The van der Waals surface area contributed by atoms with Crippen LogP contribution in [-0.2, 0) is 13.0 Å². The number of rotatable bonds is 6. The van der Waals surface area contributed by atoms with Crippen molar-refractivity contribution in [2.24, 2.45) is 5.92 Å². The summed E-state index contributed by atoms with van der Waals surface area (Å²) in [5, 5.41) is 3.42. The molecule has 1 aliphatic heterocycles. The zero-order valence-electron chi connectivity index (χ0n) is 15.3. The molecule has 2 aromatic rings. The number of hydrogen-bond acceptors (Lipinski definition) is 5. The van der Waals surface area contributed by atoms with Crippen LogP contribution in [0.1, 0.15) is 37.8 Å². The quantitative estimate of drug-likeness (QED) is 0.845. The zero-order valence-corrected chi connectivity index (χ0v) is 15.3. The lowest BCUT2D eigenvalue weighted by Gasteiger charge is -2.33. The highest BCUT2D eigenvalue weighted by Crippen LogP contribution is 2.17. The summed E-state index contributed by atoms with van der Waals surface area (Å²) >= 11 is 0. The summed E-state index contributed by atoms with van der Waals surface area (Å²) in [6.07, 6.45) is 5.17. The second kappa shape index (κ2) is 8.30. The van der Waals surface area contributed by atoms with Gasteiger partial charge in [-0.3, -0.25) is 4.90 Å². The number of nitrogens with zero attached hydrogens (tertiary/aromatic N) is 3. The van der Waals surface area contributed by atoms with E-state index in [1.807, 2.05) is 0 Å². The van der Waals surface area contributed by atoms with Crippen molar-refractivity contribution in [3.05, 3.63) is 47.7 Å². The fourth-order valence-electron chi connectivity index (χ4n) is 3.45. The van der Waals surface area contributed by atoms with E-state index in [0.29, 0.717) is 23.7 Å². The molecule has 25 heavy (non-hydrogen) atoms. The van der Waals surface area contributed by atoms with Gasteiger partial charge in [0.2, 0.25) is 5.95 Å². The Morgan fingerprint density at radius 2 is 1.96 bits per heavy atom. The van der Waals surface area contributed by atoms with E-state index >= 15 is 0 Å². The van der Waals surface area contributed by atoms with Crippen LogP contribution in [0.25, 0.3) is 0 Å². The lowest BCUT2D eigenvalue weighted by molar-refractivity contribution is 0.208. The van der Waals surface area contributed by atoms with E-state index in [4.69, 9.17) is 5.73 Å². The molecule has 1 aromatic heterocycles. The number of anilines is 2. The largest absolute Gasteiger partial charge is 0.384 e. The van der Waals surface area contributed by atoms with Crippen molar-refractivity contribution in [2.75, 3.05) is 24.1 Å². The maximum absolute atomic E-state index is 5.73. The lowest BCUT2D eigenvalue weighted by Crippen LogP contribution is -2.41. The number of likely N-dealkylation sites (tertiary alicyclic amines) is 1. The molecule has 1 aliphatic rings. The van der Waals surface area contributed by atoms with Crippen LogP contribution in [0.15, 0.2) is 36.5 Å². The van der Waals surface area contributed by atoms with Gasteiger partial charge in [0.05, 0.1) is 0 Å². The molecular weight excluding hydrogens is 310 g/mol. The molecule has 3 rings (SSSR count). The Balaban J connectivity index is 1.54. The fraction of sp³-hybridized carbons (Fsp3) is 0.500. The molecule has 0 saturated carbocycles. The van der Waals surface area contributed by atoms with E-state index in [9.17, 15) is 0 Å². The van der Waals surface area contributed by atoms with Gasteiger partial charge in [0.15, 0.2) is 0 Å². The summed E-state index contributed by atoms with van der Waals surface area (Å²) in [5.41, 5.74) is 8.54. The predicted molar refractivity (Wildman–Crippen MR) is 103 cm³/mol. The van der Waals surface area contributed by atoms with Crippen LogP contribution < -0.4 is 11.1 Å². The second-order valence-corrected chi connectivity index (χ2v) is 7.44. The predicted octanol–water partition coefficient (Wildman–Crippen LogP) is 3.33. The molecule has 0 bridgehead atoms. The van der Waals surface area contributed by atoms with Gasteiger partial charge in [-0.2, -0.15) is 4.98 Å². The van der Waals surface area contributed by atoms with Gasteiger partial charge >= 0.3 is 0 Å². The van der Waals surface area contributed by atoms with Gasteiger partial charge in [-0.25, -0.2) is 4.98 Å². The van der Waals surface area contributed by atoms with Crippen molar-refractivity contribution in [3.8, 4) is 0 Å². The van der Waals surface area contributed by atoms with Crippen molar-refractivity contribution >= 4 is 11.8 Å². The molecule has 1 saturated heterocycles. The van der Waals surface area contributed by atoms with Crippen LogP contribution >= 0.6 is 0 Å². The molecule has 134 valence electrons. The third-order valence-corrected chi connectivity index (χ3v) is 4.59. The first-order chi connectivity index (χ1) is 12.1. The number of benzene rings is 1. The number of nitrogens with two attached hydrogens (primary N) is 1. The Labute approximate surface area is 150 Å². The Morgan fingerprint density at radius 1 is 1.20 bits per heavy atom. The average molecular weight is 339 g/mol. The van der Waals surface area contributed by atoms with Gasteiger partial charge in [-0.1, -0.05) is 38.1 Å². The van der Waals surface area contributed by atoms with Crippen LogP contribution in [0, 0.1) is 5.92 Å². The maximum Gasteiger partial charge on any atom is 0.224 e. The third kappa shape index (κ3) is 5.43. The standard InChI is InChI=1S/C20H29N5/c1-15(2)12-16-5-7-17(8-6-16)13-25-11-3-4-18(14-25)23-20-22-10-9-19(21)24-20/h5-10,15,18H,3-4,11-14H2,1-2H3,(H3,21,22,23,24). The van der Waals surface area contributed by atoms with Crippen LogP contribution in [0.4, 0.5) is 11.8 Å². The van der Waals surface area contributed by atoms with Gasteiger partial charge in [0.25, 0.3) is 0 Å². The third-order valence-electron chi connectivity index (χ3n) is 4.59.